The van der Waals surface area contributed by atoms with E-state index in [9.17, 15) is 19.5 Å². The lowest BCUT2D eigenvalue weighted by atomic mass is 10.0. The van der Waals surface area contributed by atoms with Crippen LogP contribution in [0.3, 0.4) is 0 Å². The van der Waals surface area contributed by atoms with E-state index >= 15 is 0 Å². The van der Waals surface area contributed by atoms with Crippen molar-refractivity contribution in [3.05, 3.63) is 65.0 Å². The Morgan fingerprint density at radius 2 is 1.77 bits per heavy atom. The predicted octanol–water partition coefficient (Wildman–Crippen LogP) is 2.51. The van der Waals surface area contributed by atoms with Gasteiger partial charge in [0.15, 0.2) is 6.10 Å². The van der Waals surface area contributed by atoms with Crippen molar-refractivity contribution in [3.63, 3.8) is 0 Å². The smallest absolute Gasteiger partial charge is 0.336 e. The van der Waals surface area contributed by atoms with E-state index in [1.807, 2.05) is 44.2 Å². The Kier molecular flexibility index (Phi) is 6.74. The Morgan fingerprint density at radius 3 is 2.42 bits per heavy atom. The standard InChI is InChI=1S/C24H25NO6/c1-14(2)11-20(24(28)29)25-23(27)15(3)30-17-9-10-18-19(16-7-5-4-6-8-16)13-22(26)31-21(18)12-17/h4-10,12-15,20H,11H2,1-3H3,(H,25,27)(H,28,29)/p-1/t15-,20-/m1/s1. The van der Waals surface area contributed by atoms with Crippen molar-refractivity contribution in [1.29, 1.82) is 0 Å². The van der Waals surface area contributed by atoms with Gasteiger partial charge in [-0.15, -0.1) is 0 Å². The maximum absolute atomic E-state index is 12.4. The number of ether oxygens (including phenoxy) is 1. The molecule has 0 spiro atoms. The van der Waals surface area contributed by atoms with E-state index in [2.05, 4.69) is 5.32 Å². The van der Waals surface area contributed by atoms with Gasteiger partial charge in [-0.1, -0.05) is 44.2 Å². The minimum atomic E-state index is -1.34. The largest absolute Gasteiger partial charge is 0.548 e. The molecule has 0 aliphatic rings. The molecule has 0 bridgehead atoms. The van der Waals surface area contributed by atoms with Crippen LogP contribution in [0.4, 0.5) is 0 Å². The van der Waals surface area contributed by atoms with Crippen molar-refractivity contribution in [2.24, 2.45) is 5.92 Å². The number of aliphatic carboxylic acids is 1. The van der Waals surface area contributed by atoms with Crippen LogP contribution < -0.4 is 20.8 Å². The van der Waals surface area contributed by atoms with E-state index in [0.717, 1.165) is 16.5 Å². The van der Waals surface area contributed by atoms with Crippen LogP contribution in [0, 0.1) is 5.92 Å². The highest BCUT2D eigenvalue weighted by Crippen LogP contribution is 2.29. The van der Waals surface area contributed by atoms with Crippen LogP contribution >= 0.6 is 0 Å². The molecule has 7 nitrogen and oxygen atoms in total. The first-order chi connectivity index (χ1) is 14.7. The van der Waals surface area contributed by atoms with Crippen molar-refractivity contribution in [2.45, 2.75) is 39.3 Å². The first kappa shape index (κ1) is 22.1. The Labute approximate surface area is 179 Å². The number of benzene rings is 2. The van der Waals surface area contributed by atoms with Crippen molar-refractivity contribution in [2.75, 3.05) is 0 Å². The Bertz CT molecular complexity index is 1140. The molecule has 0 fully saturated rings. The molecule has 2 aromatic carbocycles. The summed E-state index contributed by atoms with van der Waals surface area (Å²) < 4.78 is 11.0. The maximum Gasteiger partial charge on any atom is 0.336 e. The average Bonchev–Trinajstić information content (AvgIpc) is 2.72. The molecule has 31 heavy (non-hydrogen) atoms. The minimum Gasteiger partial charge on any atom is -0.548 e. The second-order valence-corrected chi connectivity index (χ2v) is 7.77. The molecule has 3 aromatic rings. The van der Waals surface area contributed by atoms with Gasteiger partial charge >= 0.3 is 5.63 Å². The average molecular weight is 422 g/mol. The minimum absolute atomic E-state index is 0.0709. The number of rotatable bonds is 8. The molecule has 0 saturated heterocycles. The second-order valence-electron chi connectivity index (χ2n) is 7.77. The van der Waals surface area contributed by atoms with Gasteiger partial charge in [0.2, 0.25) is 0 Å². The number of hydrogen-bond donors (Lipinski definition) is 1. The van der Waals surface area contributed by atoms with Crippen molar-refractivity contribution >= 4 is 22.8 Å². The summed E-state index contributed by atoms with van der Waals surface area (Å²) in [6.45, 7) is 5.22. The summed E-state index contributed by atoms with van der Waals surface area (Å²) in [4.78, 5) is 35.7. The molecule has 162 valence electrons. The Morgan fingerprint density at radius 1 is 1.06 bits per heavy atom. The number of hydrogen-bond acceptors (Lipinski definition) is 6. The van der Waals surface area contributed by atoms with Crippen LogP contribution in [0.15, 0.2) is 63.8 Å². The Hall–Kier alpha value is -3.61. The molecule has 2 atom stereocenters. The Balaban J connectivity index is 1.81. The van der Waals surface area contributed by atoms with E-state index in [0.29, 0.717) is 11.3 Å². The third-order valence-electron chi connectivity index (χ3n) is 4.79. The number of carboxylic acids is 1. The first-order valence-electron chi connectivity index (χ1n) is 10.1. The number of carbonyl (C=O) groups excluding carboxylic acids is 2. The molecule has 1 heterocycles. The lowest BCUT2D eigenvalue weighted by molar-refractivity contribution is -0.308. The van der Waals surface area contributed by atoms with Crippen LogP contribution in [0.5, 0.6) is 5.75 Å². The van der Waals surface area contributed by atoms with Crippen LogP contribution in [0.2, 0.25) is 0 Å². The van der Waals surface area contributed by atoms with Crippen LogP contribution in [0.1, 0.15) is 27.2 Å². The molecule has 0 radical (unpaired) electrons. The molecule has 7 heteroatoms. The number of carbonyl (C=O) groups is 2. The van der Waals surface area contributed by atoms with Gasteiger partial charge < -0.3 is 24.4 Å². The summed E-state index contributed by atoms with van der Waals surface area (Å²) in [6, 6.07) is 14.8. The summed E-state index contributed by atoms with van der Waals surface area (Å²) in [6.07, 6.45) is -0.708. The fraction of sp³-hybridized carbons (Fsp3) is 0.292. The zero-order chi connectivity index (χ0) is 22.5. The summed E-state index contributed by atoms with van der Waals surface area (Å²) in [5.74, 6) is -1.52. The van der Waals surface area contributed by atoms with Gasteiger partial charge in [-0.05, 0) is 42.5 Å². The molecule has 1 aromatic heterocycles. The van der Waals surface area contributed by atoms with E-state index in [1.54, 1.807) is 12.1 Å². The zero-order valence-electron chi connectivity index (χ0n) is 17.6. The first-order valence-corrected chi connectivity index (χ1v) is 10.1. The predicted molar refractivity (Wildman–Crippen MR) is 114 cm³/mol. The van der Waals surface area contributed by atoms with Gasteiger partial charge in [0, 0.05) is 17.5 Å². The molecule has 0 aliphatic carbocycles. The number of amides is 1. The lowest BCUT2D eigenvalue weighted by Crippen LogP contribution is -2.51. The normalized spacial score (nSPS) is 13.0. The highest BCUT2D eigenvalue weighted by atomic mass is 16.5. The van der Waals surface area contributed by atoms with Crippen LogP contribution in [0.25, 0.3) is 22.1 Å². The summed E-state index contributed by atoms with van der Waals surface area (Å²) in [5, 5.41) is 14.4. The second kappa shape index (κ2) is 9.47. The third kappa shape index (κ3) is 5.51. The van der Waals surface area contributed by atoms with E-state index in [4.69, 9.17) is 9.15 Å². The monoisotopic (exact) mass is 422 g/mol. The third-order valence-corrected chi connectivity index (χ3v) is 4.79. The van der Waals surface area contributed by atoms with Crippen LogP contribution in [-0.2, 0) is 9.59 Å². The molecule has 0 saturated carbocycles. The van der Waals surface area contributed by atoms with Gasteiger partial charge in [0.25, 0.3) is 5.91 Å². The van der Waals surface area contributed by atoms with Crippen molar-refractivity contribution in [1.82, 2.24) is 5.32 Å². The molecule has 3 rings (SSSR count). The molecule has 0 aliphatic heterocycles. The topological polar surface area (TPSA) is 109 Å². The van der Waals surface area contributed by atoms with Crippen molar-refractivity contribution < 1.29 is 23.8 Å². The van der Waals surface area contributed by atoms with Gasteiger partial charge in [0.05, 0.1) is 12.0 Å². The maximum atomic E-state index is 12.4. The van der Waals surface area contributed by atoms with E-state index in [1.165, 1.54) is 19.1 Å². The quantitative estimate of drug-likeness (QED) is 0.559. The lowest BCUT2D eigenvalue weighted by Gasteiger charge is -2.23. The fourth-order valence-electron chi connectivity index (χ4n) is 3.31. The summed E-state index contributed by atoms with van der Waals surface area (Å²) in [5.41, 5.74) is 1.43. The van der Waals surface area contributed by atoms with E-state index < -0.39 is 29.6 Å². The number of nitrogens with one attached hydrogen (secondary N) is 1. The number of fused-ring (bicyclic) bond motifs is 1. The highest BCUT2D eigenvalue weighted by Gasteiger charge is 2.21. The van der Waals surface area contributed by atoms with E-state index in [-0.39, 0.29) is 12.3 Å². The highest BCUT2D eigenvalue weighted by molar-refractivity contribution is 5.93. The molecular weight excluding hydrogens is 398 g/mol. The number of carboxylic acid groups (broad SMARTS) is 1. The van der Waals surface area contributed by atoms with Gasteiger partial charge in [-0.25, -0.2) is 4.79 Å². The zero-order valence-corrected chi connectivity index (χ0v) is 17.6. The van der Waals surface area contributed by atoms with Crippen molar-refractivity contribution in [3.8, 4) is 16.9 Å². The van der Waals surface area contributed by atoms with Gasteiger partial charge in [-0.2, -0.15) is 0 Å². The molecule has 0 unspecified atom stereocenters. The molecular formula is C24H24NO6-. The molecule has 1 N–H and O–H groups in total. The summed E-state index contributed by atoms with van der Waals surface area (Å²) >= 11 is 0. The fourth-order valence-corrected chi connectivity index (χ4v) is 3.31. The van der Waals surface area contributed by atoms with Crippen LogP contribution in [-0.4, -0.2) is 24.0 Å². The van der Waals surface area contributed by atoms with Gasteiger partial charge in [0.1, 0.15) is 11.3 Å². The summed E-state index contributed by atoms with van der Waals surface area (Å²) in [7, 11) is 0. The molecule has 1 amide bonds. The SMILES string of the molecule is CC(C)C[C@@H](NC(=O)[C@@H](C)Oc1ccc2c(-c3ccccc3)cc(=O)oc2c1)C(=O)[O-]. The van der Waals surface area contributed by atoms with Gasteiger partial charge in [-0.3, -0.25) is 4.79 Å².